The molecule has 6 heteroatoms. The van der Waals surface area contributed by atoms with Crippen molar-refractivity contribution in [1.29, 1.82) is 10.5 Å². The van der Waals surface area contributed by atoms with Gasteiger partial charge in [0.25, 0.3) is 0 Å². The predicted molar refractivity (Wildman–Crippen MR) is 134 cm³/mol. The predicted octanol–water partition coefficient (Wildman–Crippen LogP) is 4.78. The van der Waals surface area contributed by atoms with Gasteiger partial charge in [-0.3, -0.25) is 4.79 Å². The molecule has 0 bridgehead atoms. The molecule has 35 heavy (non-hydrogen) atoms. The highest BCUT2D eigenvalue weighted by Crippen LogP contribution is 2.31. The summed E-state index contributed by atoms with van der Waals surface area (Å²) >= 11 is 0. The van der Waals surface area contributed by atoms with Crippen LogP contribution in [0.1, 0.15) is 34.6 Å². The lowest BCUT2D eigenvalue weighted by atomic mass is 9.91. The number of hydrogen-bond acceptors (Lipinski definition) is 4. The van der Waals surface area contributed by atoms with Crippen LogP contribution >= 0.6 is 0 Å². The molecule has 0 aliphatic carbocycles. The van der Waals surface area contributed by atoms with Crippen LogP contribution in [-0.2, 0) is 17.6 Å². The van der Waals surface area contributed by atoms with Crippen molar-refractivity contribution in [3.8, 4) is 12.1 Å². The molecule has 170 valence electrons. The Kier molecular flexibility index (Phi) is 6.11. The molecule has 0 spiro atoms. The van der Waals surface area contributed by atoms with Gasteiger partial charge in [0, 0.05) is 43.4 Å². The van der Waals surface area contributed by atoms with Crippen molar-refractivity contribution in [2.24, 2.45) is 0 Å². The number of carbonyl (C=O) groups excluding carboxylic acids is 1. The van der Waals surface area contributed by atoms with E-state index in [-0.39, 0.29) is 12.3 Å². The first kappa shape index (κ1) is 22.1. The van der Waals surface area contributed by atoms with Crippen LogP contribution in [0.3, 0.4) is 0 Å². The van der Waals surface area contributed by atoms with Gasteiger partial charge in [0.05, 0.1) is 24.1 Å². The Morgan fingerprint density at radius 3 is 2.60 bits per heavy atom. The number of carbonyl (C=O) groups is 1. The molecule has 4 aromatic rings. The highest BCUT2D eigenvalue weighted by molar-refractivity contribution is 5.96. The first-order valence-corrected chi connectivity index (χ1v) is 11.5. The van der Waals surface area contributed by atoms with Crippen LogP contribution in [-0.4, -0.2) is 33.9 Å². The van der Waals surface area contributed by atoms with Crippen LogP contribution in [0.15, 0.2) is 78.5 Å². The van der Waals surface area contributed by atoms with E-state index in [0.717, 1.165) is 44.6 Å². The van der Waals surface area contributed by atoms with Gasteiger partial charge in [0.1, 0.15) is 5.82 Å². The van der Waals surface area contributed by atoms with Gasteiger partial charge in [-0.05, 0) is 39.6 Å². The first-order valence-electron chi connectivity index (χ1n) is 11.5. The smallest absolute Gasteiger partial charge is 0.228 e. The van der Waals surface area contributed by atoms with Crippen molar-refractivity contribution in [3.63, 3.8) is 0 Å². The van der Waals surface area contributed by atoms with Crippen LogP contribution in [0.2, 0.25) is 0 Å². The summed E-state index contributed by atoms with van der Waals surface area (Å²) in [4.78, 5) is 22.7. The van der Waals surface area contributed by atoms with E-state index >= 15 is 0 Å². The molecule has 1 aliphatic rings. The second-order valence-corrected chi connectivity index (χ2v) is 8.68. The Hall–Kier alpha value is -4.68. The molecule has 0 saturated heterocycles. The molecule has 0 radical (unpaired) electrons. The van der Waals surface area contributed by atoms with Crippen LogP contribution < -0.4 is 0 Å². The second kappa shape index (κ2) is 9.67. The number of amides is 1. The van der Waals surface area contributed by atoms with Crippen molar-refractivity contribution in [3.05, 3.63) is 107 Å². The zero-order chi connectivity index (χ0) is 24.2. The monoisotopic (exact) mass is 457 g/mol. The number of nitriles is 2. The number of aromatic amines is 1. The minimum absolute atomic E-state index is 0.00768. The third-order valence-corrected chi connectivity index (χ3v) is 6.42. The number of benzene rings is 3. The summed E-state index contributed by atoms with van der Waals surface area (Å²) < 4.78 is 0. The summed E-state index contributed by atoms with van der Waals surface area (Å²) in [5, 5.41) is 20.9. The van der Waals surface area contributed by atoms with E-state index in [4.69, 9.17) is 5.26 Å². The second-order valence-electron chi connectivity index (χ2n) is 8.68. The van der Waals surface area contributed by atoms with Crippen molar-refractivity contribution in [2.45, 2.75) is 19.3 Å². The molecule has 6 nitrogen and oxygen atoms in total. The molecule has 3 aromatic carbocycles. The van der Waals surface area contributed by atoms with Crippen molar-refractivity contribution >= 4 is 22.3 Å². The number of aromatic nitrogens is 2. The van der Waals surface area contributed by atoms with Crippen molar-refractivity contribution in [2.75, 3.05) is 13.1 Å². The van der Waals surface area contributed by atoms with Gasteiger partial charge < -0.3 is 9.88 Å². The Morgan fingerprint density at radius 2 is 1.80 bits per heavy atom. The minimum Gasteiger partial charge on any atom is -0.345 e. The molecule has 0 atom stereocenters. The number of imidazole rings is 1. The lowest BCUT2D eigenvalue weighted by Crippen LogP contribution is -2.37. The van der Waals surface area contributed by atoms with Crippen LogP contribution in [0.25, 0.3) is 16.3 Å². The highest BCUT2D eigenvalue weighted by Gasteiger charge is 2.25. The molecule has 1 amide bonds. The van der Waals surface area contributed by atoms with Gasteiger partial charge in [-0.1, -0.05) is 54.6 Å². The summed E-state index contributed by atoms with van der Waals surface area (Å²) in [5.74, 6) is 0.785. The number of hydrogen-bond donors (Lipinski definition) is 1. The van der Waals surface area contributed by atoms with Gasteiger partial charge in [-0.25, -0.2) is 4.98 Å². The maximum Gasteiger partial charge on any atom is 0.228 e. The summed E-state index contributed by atoms with van der Waals surface area (Å²) in [5.41, 5.74) is 5.12. The highest BCUT2D eigenvalue weighted by atomic mass is 16.2. The Bertz CT molecular complexity index is 1510. The van der Waals surface area contributed by atoms with Gasteiger partial charge in [0.2, 0.25) is 5.91 Å². The molecule has 0 fully saturated rings. The van der Waals surface area contributed by atoms with Crippen molar-refractivity contribution < 1.29 is 4.79 Å². The SMILES string of the molecule is N#CC1=C(c2cccc3ccccc23)CN(C(=O)Cc2cnc(Cc3ccc(C#N)cc3)[nH]2)CC1. The fraction of sp³-hybridized carbons (Fsp3) is 0.172. The maximum absolute atomic E-state index is 13.2. The fourth-order valence-corrected chi connectivity index (χ4v) is 4.59. The topological polar surface area (TPSA) is 96.6 Å². The quantitative estimate of drug-likeness (QED) is 0.466. The average Bonchev–Trinajstić information content (AvgIpc) is 3.34. The Balaban J connectivity index is 1.31. The van der Waals surface area contributed by atoms with Gasteiger partial charge in [0.15, 0.2) is 0 Å². The standard InChI is InChI=1S/C29H23N5O/c30-16-21-10-8-20(9-11-21)14-28-32-18-24(33-28)15-29(35)34-13-12-23(17-31)27(19-34)26-7-3-5-22-4-1-2-6-25(22)26/h1-11,18H,12-15,19H2,(H,32,33). The van der Waals surface area contributed by atoms with Crippen LogP contribution in [0.4, 0.5) is 0 Å². The Labute approximate surface area is 203 Å². The summed E-state index contributed by atoms with van der Waals surface area (Å²) in [6.45, 7) is 0.949. The molecule has 0 saturated carbocycles. The molecule has 1 aliphatic heterocycles. The Morgan fingerprint density at radius 1 is 1.00 bits per heavy atom. The maximum atomic E-state index is 13.2. The largest absolute Gasteiger partial charge is 0.345 e. The summed E-state index contributed by atoms with van der Waals surface area (Å²) in [6, 6.07) is 26.1. The van der Waals surface area contributed by atoms with E-state index in [2.05, 4.69) is 40.3 Å². The normalized spacial score (nSPS) is 13.5. The van der Waals surface area contributed by atoms with E-state index in [0.29, 0.717) is 31.5 Å². The van der Waals surface area contributed by atoms with E-state index in [9.17, 15) is 10.1 Å². The third-order valence-electron chi connectivity index (χ3n) is 6.42. The summed E-state index contributed by atoms with van der Waals surface area (Å²) in [7, 11) is 0. The van der Waals surface area contributed by atoms with Gasteiger partial charge in [-0.15, -0.1) is 0 Å². The minimum atomic E-state index is 0.00768. The average molecular weight is 458 g/mol. The van der Waals surface area contributed by atoms with Gasteiger partial charge in [-0.2, -0.15) is 10.5 Å². The van der Waals surface area contributed by atoms with E-state index < -0.39 is 0 Å². The molecule has 1 N–H and O–H groups in total. The molecular weight excluding hydrogens is 434 g/mol. The van der Waals surface area contributed by atoms with E-state index in [1.54, 1.807) is 18.3 Å². The fourth-order valence-electron chi connectivity index (χ4n) is 4.59. The lowest BCUT2D eigenvalue weighted by molar-refractivity contribution is -0.130. The molecule has 2 heterocycles. The molecular formula is C29H23N5O. The first-order chi connectivity index (χ1) is 17.1. The third kappa shape index (κ3) is 4.69. The number of nitrogens with one attached hydrogen (secondary N) is 1. The zero-order valence-corrected chi connectivity index (χ0v) is 19.2. The van der Waals surface area contributed by atoms with Crippen LogP contribution in [0.5, 0.6) is 0 Å². The number of nitrogens with zero attached hydrogens (tertiary/aromatic N) is 4. The molecule has 5 rings (SSSR count). The molecule has 1 aromatic heterocycles. The van der Waals surface area contributed by atoms with Crippen LogP contribution in [0, 0.1) is 22.7 Å². The van der Waals surface area contributed by atoms with Gasteiger partial charge >= 0.3 is 0 Å². The van der Waals surface area contributed by atoms with E-state index in [1.807, 2.05) is 41.3 Å². The number of rotatable bonds is 5. The number of H-pyrrole nitrogens is 1. The zero-order valence-electron chi connectivity index (χ0n) is 19.2. The molecule has 0 unspecified atom stereocenters. The summed E-state index contributed by atoms with van der Waals surface area (Å²) in [6.07, 6.45) is 3.09. The van der Waals surface area contributed by atoms with E-state index in [1.165, 1.54) is 0 Å². The number of fused-ring (bicyclic) bond motifs is 1. The van der Waals surface area contributed by atoms with Crippen molar-refractivity contribution in [1.82, 2.24) is 14.9 Å². The lowest BCUT2D eigenvalue weighted by Gasteiger charge is -2.29.